The van der Waals surface area contributed by atoms with E-state index in [0.29, 0.717) is 48.6 Å². The minimum Gasteiger partial charge on any atom is -0.412 e. The maximum Gasteiger partial charge on any atom is 0.285 e. The van der Waals surface area contributed by atoms with Gasteiger partial charge in [0.2, 0.25) is 0 Å². The Balaban J connectivity index is -0.000000290. The maximum atomic E-state index is 11.8. The summed E-state index contributed by atoms with van der Waals surface area (Å²) in [5.74, 6) is 11.2. The number of hydroxylamine groups is 4. The molecule has 0 radical (unpaired) electrons. The molecule has 9 N–H and O–H groups in total. The molecule has 276 valence electrons. The van der Waals surface area contributed by atoms with Crippen LogP contribution in [0, 0.1) is 0 Å². The number of hydrogen-bond donors (Lipinski definition) is 4. The fourth-order valence-corrected chi connectivity index (χ4v) is 3.35. The Kier molecular flexibility index (Phi) is 35.8. The van der Waals surface area contributed by atoms with Crippen LogP contribution >= 0.6 is 35.0 Å². The van der Waals surface area contributed by atoms with Gasteiger partial charge in [0.05, 0.1) is 42.1 Å². The Bertz CT molecular complexity index is 1090. The molecule has 4 amide bonds. The van der Waals surface area contributed by atoms with Crippen molar-refractivity contribution >= 4 is 58.6 Å². The Hall–Kier alpha value is -2.62. The highest BCUT2D eigenvalue weighted by Crippen LogP contribution is 2.23. The van der Waals surface area contributed by atoms with Gasteiger partial charge in [-0.1, -0.05) is 81.0 Å². The molecule has 0 aromatic heterocycles. The molecule has 48 heavy (non-hydrogen) atoms. The van der Waals surface area contributed by atoms with Crippen molar-refractivity contribution in [3.05, 3.63) is 70.8 Å². The molecule has 2 aromatic rings. The predicted octanol–water partition coefficient (Wildman–Crippen LogP) is 2.77. The quantitative estimate of drug-likeness (QED) is 0.0642. The number of carbonyl (C=O) groups excluding carboxylic acids is 4. The monoisotopic (exact) mass is 815 g/mol. The number of nitrogens with one attached hydrogen (secondary N) is 1. The summed E-state index contributed by atoms with van der Waals surface area (Å²) in [5.41, 5.74) is 1.61. The van der Waals surface area contributed by atoms with Gasteiger partial charge in [0, 0.05) is 13.1 Å². The van der Waals surface area contributed by atoms with Crippen molar-refractivity contribution < 1.29 is 39.2 Å². The average molecular weight is 816 g/mol. The van der Waals surface area contributed by atoms with Gasteiger partial charge < -0.3 is 20.5 Å². The van der Waals surface area contributed by atoms with Crippen molar-refractivity contribution in [1.29, 1.82) is 0 Å². The molecule has 17 heteroatoms. The summed E-state index contributed by atoms with van der Waals surface area (Å²) in [7, 11) is 5.56. The lowest BCUT2D eigenvalue weighted by Crippen LogP contribution is -2.32. The lowest BCUT2D eigenvalue weighted by atomic mass is 10.1. The van der Waals surface area contributed by atoms with Gasteiger partial charge in [-0.15, -0.1) is 22.5 Å². The summed E-state index contributed by atoms with van der Waals surface area (Å²) in [6, 6.07) is 13.4. The zero-order valence-corrected chi connectivity index (χ0v) is 32.0. The van der Waals surface area contributed by atoms with E-state index in [1.807, 2.05) is 32.8 Å². The molecule has 0 bridgehead atoms. The van der Waals surface area contributed by atoms with E-state index < -0.39 is 11.8 Å². The van der Waals surface area contributed by atoms with E-state index in [1.165, 1.54) is 4.43 Å². The first kappa shape index (κ1) is 52.2. The number of alkyl halides is 1. The molecule has 0 saturated carbocycles. The van der Waals surface area contributed by atoms with Crippen LogP contribution in [0.4, 0.5) is 0 Å². The van der Waals surface area contributed by atoms with Gasteiger partial charge in [-0.05, 0) is 56.3 Å². The normalized spacial score (nSPS) is 11.8. The topological polar surface area (TPSA) is 227 Å². The summed E-state index contributed by atoms with van der Waals surface area (Å²) >= 11 is 2.29. The van der Waals surface area contributed by atoms with Crippen LogP contribution in [0.3, 0.4) is 0 Å². The van der Waals surface area contributed by atoms with Crippen molar-refractivity contribution in [2.75, 3.05) is 58.5 Å². The Morgan fingerprint density at radius 1 is 0.750 bits per heavy atom. The second kappa shape index (κ2) is 32.9. The SMILES string of the molecule is CC.CCCCON.CCI.CN(C)CCON1C(=O)c2ccccc2C1=O.CNCCON1C(=O)c2ccccc2C1=O.Cl.NN.O. The molecule has 0 fully saturated rings. The van der Waals surface area contributed by atoms with Crippen LogP contribution in [0.5, 0.6) is 0 Å². The minimum absolute atomic E-state index is 0. The third-order valence-electron chi connectivity index (χ3n) is 5.46. The van der Waals surface area contributed by atoms with Crippen LogP contribution in [0.1, 0.15) is 82.0 Å². The molecular weight excluding hydrogens is 761 g/mol. The first-order valence-corrected chi connectivity index (χ1v) is 16.4. The third kappa shape index (κ3) is 18.2. The van der Waals surface area contributed by atoms with Gasteiger partial charge in [-0.25, -0.2) is 5.90 Å². The minimum atomic E-state index is -0.392. The molecule has 2 aliphatic rings. The molecule has 0 spiro atoms. The van der Waals surface area contributed by atoms with Crippen molar-refractivity contribution in [2.24, 2.45) is 17.6 Å². The Labute approximate surface area is 304 Å². The zero-order chi connectivity index (χ0) is 35.5. The van der Waals surface area contributed by atoms with E-state index in [9.17, 15) is 19.2 Å². The number of carbonyl (C=O) groups is 4. The van der Waals surface area contributed by atoms with Crippen LogP contribution in [-0.2, 0) is 14.5 Å². The van der Waals surface area contributed by atoms with E-state index in [4.69, 9.17) is 15.6 Å². The number of likely N-dealkylation sites (N-methyl/N-ethyl adjacent to an activating group) is 2. The maximum absolute atomic E-state index is 11.8. The summed E-state index contributed by atoms with van der Waals surface area (Å²) < 4.78 is 1.22. The van der Waals surface area contributed by atoms with E-state index >= 15 is 0 Å². The lowest BCUT2D eigenvalue weighted by molar-refractivity contribution is -0.0938. The summed E-state index contributed by atoms with van der Waals surface area (Å²) in [5, 5.41) is 4.53. The standard InChI is InChI=1S/C12H14N2O3.C11H12N2O3.C4H11NO.C2H5I.C2H6.ClH.H4N2.H2O/c1-13(2)7-8-17-14-11(15)9-5-3-4-6-10(9)12(14)16;1-12-6-7-16-13-10(14)8-4-2-3-5-9(8)11(13)15;1-2-3-4-6-5;1-2-3;1-2;;1-2;/h3-6H,7-8H2,1-2H3;2-5,12H,6-7H2,1H3;2-5H2,1H3;2H2,1H3;1-2H3;1H;1-2H2;1H2. The van der Waals surface area contributed by atoms with Crippen molar-refractivity contribution in [3.63, 3.8) is 0 Å². The number of unbranched alkanes of at least 4 members (excludes halogenated alkanes) is 1. The number of benzene rings is 2. The first-order valence-electron chi connectivity index (χ1n) is 14.9. The first-order chi connectivity index (χ1) is 22.2. The van der Waals surface area contributed by atoms with Gasteiger partial charge in [-0.2, -0.15) is 0 Å². The largest absolute Gasteiger partial charge is 0.412 e. The fourth-order valence-electron chi connectivity index (χ4n) is 3.35. The van der Waals surface area contributed by atoms with Gasteiger partial charge >= 0.3 is 0 Å². The molecular formula is C31H55ClIN7O8. The van der Waals surface area contributed by atoms with E-state index in [2.05, 4.69) is 58.3 Å². The smallest absolute Gasteiger partial charge is 0.285 e. The van der Waals surface area contributed by atoms with Crippen LogP contribution < -0.4 is 22.9 Å². The number of nitrogens with zero attached hydrogens (tertiary/aromatic N) is 3. The summed E-state index contributed by atoms with van der Waals surface area (Å²) in [6.45, 7) is 10.7. The fraction of sp³-hybridized carbons (Fsp3) is 0.484. The highest BCUT2D eigenvalue weighted by Gasteiger charge is 2.37. The van der Waals surface area contributed by atoms with Crippen LogP contribution in [-0.4, -0.2) is 103 Å². The number of nitrogens with two attached hydrogens (primary N) is 3. The second-order valence-electron chi connectivity index (χ2n) is 8.97. The van der Waals surface area contributed by atoms with Gasteiger partial charge in [0.15, 0.2) is 0 Å². The molecule has 0 aliphatic carbocycles. The van der Waals surface area contributed by atoms with Crippen LogP contribution in [0.25, 0.3) is 0 Å². The van der Waals surface area contributed by atoms with Gasteiger partial charge in [0.25, 0.3) is 23.6 Å². The Morgan fingerprint density at radius 2 is 1.08 bits per heavy atom. The van der Waals surface area contributed by atoms with Crippen LogP contribution in [0.15, 0.2) is 48.5 Å². The second-order valence-corrected chi connectivity index (χ2v) is 10.5. The van der Waals surface area contributed by atoms with Crippen LogP contribution in [0.2, 0.25) is 0 Å². The third-order valence-corrected chi connectivity index (χ3v) is 5.46. The van der Waals surface area contributed by atoms with Crippen molar-refractivity contribution in [3.8, 4) is 0 Å². The average Bonchev–Trinajstić information content (AvgIpc) is 3.47. The molecule has 0 saturated heterocycles. The van der Waals surface area contributed by atoms with E-state index in [0.717, 1.165) is 23.0 Å². The number of imide groups is 2. The van der Waals surface area contributed by atoms with Crippen molar-refractivity contribution in [1.82, 2.24) is 20.3 Å². The number of hydrogen-bond acceptors (Lipinski definition) is 12. The number of fused-ring (bicyclic) bond motifs is 2. The number of hydrazine groups is 1. The zero-order valence-electron chi connectivity index (χ0n) is 29.0. The summed E-state index contributed by atoms with van der Waals surface area (Å²) in [4.78, 5) is 63.8. The molecule has 0 unspecified atom stereocenters. The molecule has 2 heterocycles. The Morgan fingerprint density at radius 3 is 1.33 bits per heavy atom. The number of halogens is 2. The van der Waals surface area contributed by atoms with Crippen molar-refractivity contribution in [2.45, 2.75) is 40.5 Å². The highest BCUT2D eigenvalue weighted by atomic mass is 127. The lowest BCUT2D eigenvalue weighted by Gasteiger charge is -2.15. The predicted molar refractivity (Wildman–Crippen MR) is 198 cm³/mol. The van der Waals surface area contributed by atoms with Gasteiger partial charge in [-0.3, -0.25) is 40.5 Å². The molecule has 4 rings (SSSR count). The highest BCUT2D eigenvalue weighted by molar-refractivity contribution is 14.1. The molecule has 2 aliphatic heterocycles. The van der Waals surface area contributed by atoms with E-state index in [1.54, 1.807) is 55.6 Å². The number of rotatable bonds is 11. The van der Waals surface area contributed by atoms with E-state index in [-0.39, 0.29) is 36.3 Å². The summed E-state index contributed by atoms with van der Waals surface area (Å²) in [6.07, 6.45) is 2.22. The molecule has 0 atom stereocenters. The number of amides is 4. The molecule has 15 nitrogen and oxygen atoms in total. The van der Waals surface area contributed by atoms with Gasteiger partial charge in [0.1, 0.15) is 0 Å². The molecule has 2 aromatic carbocycles.